The van der Waals surface area contributed by atoms with E-state index in [1.165, 1.54) is 18.4 Å². The van der Waals surface area contributed by atoms with E-state index in [0.29, 0.717) is 25.4 Å². The molecule has 1 aromatic heterocycles. The van der Waals surface area contributed by atoms with E-state index < -0.39 is 16.5 Å². The standard InChI is InChI=1S/C24H29N5O3S/c1-25-23(31)24(28-15-30,21-6-7-21)14-33(32)29-9-8-18-10-17(4-5-19(18)13-29)20-11-26-22(27-12-20)16-2-3-16/h4-5,10-12,15-16,21H,2-3,6-9,13-14H2,1H3,(H,25,31)(H,28,30). The topological polar surface area (TPSA) is 104 Å². The molecule has 9 heteroatoms. The summed E-state index contributed by atoms with van der Waals surface area (Å²) in [5.41, 5.74) is 3.35. The van der Waals surface area contributed by atoms with Gasteiger partial charge in [0, 0.05) is 44.0 Å². The highest BCUT2D eigenvalue weighted by molar-refractivity contribution is 7.82. The lowest BCUT2D eigenvalue weighted by molar-refractivity contribution is -0.129. The number of aromatic nitrogens is 2. The van der Waals surface area contributed by atoms with Gasteiger partial charge in [-0.05, 0) is 54.7 Å². The first kappa shape index (κ1) is 22.2. The molecule has 1 aromatic carbocycles. The first-order valence-corrected chi connectivity index (χ1v) is 12.8. The van der Waals surface area contributed by atoms with E-state index in [-0.39, 0.29) is 17.6 Å². The number of nitrogens with zero attached hydrogens (tertiary/aromatic N) is 3. The van der Waals surface area contributed by atoms with E-state index in [4.69, 9.17) is 0 Å². The molecule has 1 aliphatic heterocycles. The van der Waals surface area contributed by atoms with Crippen LogP contribution >= 0.6 is 0 Å². The lowest BCUT2D eigenvalue weighted by Gasteiger charge is -2.35. The van der Waals surface area contributed by atoms with Gasteiger partial charge in [0.1, 0.15) is 11.4 Å². The Bertz CT molecular complexity index is 1080. The molecule has 2 atom stereocenters. The van der Waals surface area contributed by atoms with Crippen LogP contribution in [0.1, 0.15) is 48.6 Å². The molecule has 0 radical (unpaired) electrons. The van der Waals surface area contributed by atoms with Gasteiger partial charge >= 0.3 is 0 Å². The van der Waals surface area contributed by atoms with Crippen LogP contribution < -0.4 is 10.6 Å². The smallest absolute Gasteiger partial charge is 0.246 e. The minimum absolute atomic E-state index is 0.0276. The summed E-state index contributed by atoms with van der Waals surface area (Å²) in [6.45, 7) is 1.19. The molecule has 0 bridgehead atoms. The van der Waals surface area contributed by atoms with Crippen molar-refractivity contribution in [3.8, 4) is 11.1 Å². The molecule has 2 amide bonds. The van der Waals surface area contributed by atoms with Crippen molar-refractivity contribution in [2.24, 2.45) is 5.92 Å². The van der Waals surface area contributed by atoms with Crippen LogP contribution in [0.4, 0.5) is 0 Å². The molecule has 8 nitrogen and oxygen atoms in total. The predicted molar refractivity (Wildman–Crippen MR) is 125 cm³/mol. The molecule has 2 fully saturated rings. The van der Waals surface area contributed by atoms with Crippen molar-refractivity contribution in [1.82, 2.24) is 24.9 Å². The van der Waals surface area contributed by atoms with Crippen LogP contribution in [0.15, 0.2) is 30.6 Å². The van der Waals surface area contributed by atoms with Crippen molar-refractivity contribution in [1.29, 1.82) is 0 Å². The van der Waals surface area contributed by atoms with Gasteiger partial charge in [-0.15, -0.1) is 0 Å². The van der Waals surface area contributed by atoms with Gasteiger partial charge in [-0.2, -0.15) is 0 Å². The maximum absolute atomic E-state index is 13.3. The number of likely N-dealkylation sites (N-methyl/N-ethyl adjacent to an activating group) is 1. The Morgan fingerprint density at radius 2 is 1.94 bits per heavy atom. The maximum atomic E-state index is 13.3. The zero-order chi connectivity index (χ0) is 23.0. The number of fused-ring (bicyclic) bond motifs is 1. The van der Waals surface area contributed by atoms with Crippen molar-refractivity contribution in [3.05, 3.63) is 47.5 Å². The van der Waals surface area contributed by atoms with Crippen LogP contribution in [0.25, 0.3) is 11.1 Å². The second kappa shape index (κ2) is 8.95. The lowest BCUT2D eigenvalue weighted by atomic mass is 9.94. The molecule has 2 unspecified atom stereocenters. The molecular weight excluding hydrogens is 438 g/mol. The van der Waals surface area contributed by atoms with E-state index in [9.17, 15) is 13.8 Å². The Balaban J connectivity index is 1.30. The second-order valence-electron chi connectivity index (χ2n) is 9.25. The largest absolute Gasteiger partial charge is 0.357 e. The summed E-state index contributed by atoms with van der Waals surface area (Å²) < 4.78 is 15.2. The van der Waals surface area contributed by atoms with E-state index in [0.717, 1.165) is 41.8 Å². The van der Waals surface area contributed by atoms with Crippen LogP contribution in [0.5, 0.6) is 0 Å². The molecule has 3 aliphatic rings. The van der Waals surface area contributed by atoms with E-state index in [1.807, 2.05) is 16.7 Å². The Morgan fingerprint density at radius 3 is 2.58 bits per heavy atom. The number of carbonyl (C=O) groups excluding carboxylic acids is 2. The van der Waals surface area contributed by atoms with Crippen LogP contribution in [0, 0.1) is 5.92 Å². The molecule has 2 aliphatic carbocycles. The Morgan fingerprint density at radius 1 is 1.18 bits per heavy atom. The number of benzene rings is 1. The summed E-state index contributed by atoms with van der Waals surface area (Å²) in [5, 5.41) is 5.36. The van der Waals surface area contributed by atoms with Gasteiger partial charge in [0.25, 0.3) is 0 Å². The van der Waals surface area contributed by atoms with Crippen LogP contribution in [0.2, 0.25) is 0 Å². The number of nitrogens with one attached hydrogen (secondary N) is 2. The molecular formula is C24H29N5O3S. The molecule has 2 aromatic rings. The zero-order valence-electron chi connectivity index (χ0n) is 18.8. The highest BCUT2D eigenvalue weighted by Crippen LogP contribution is 2.41. The van der Waals surface area contributed by atoms with Gasteiger partial charge in [0.05, 0.1) is 16.7 Å². The summed E-state index contributed by atoms with van der Waals surface area (Å²) >= 11 is 0. The maximum Gasteiger partial charge on any atom is 0.246 e. The minimum Gasteiger partial charge on any atom is -0.357 e. The highest BCUT2D eigenvalue weighted by atomic mass is 32.2. The Hall–Kier alpha value is -2.65. The summed E-state index contributed by atoms with van der Waals surface area (Å²) in [5.74, 6) is 1.33. The van der Waals surface area contributed by atoms with Crippen molar-refractivity contribution in [2.75, 3.05) is 19.3 Å². The predicted octanol–water partition coefficient (Wildman–Crippen LogP) is 1.68. The molecule has 2 N–H and O–H groups in total. The summed E-state index contributed by atoms with van der Waals surface area (Å²) in [6, 6.07) is 6.32. The van der Waals surface area contributed by atoms with Crippen LogP contribution in [0.3, 0.4) is 0 Å². The first-order chi connectivity index (χ1) is 16.0. The second-order valence-corrected chi connectivity index (χ2v) is 10.7. The van der Waals surface area contributed by atoms with Crippen molar-refractivity contribution >= 4 is 23.3 Å². The SMILES string of the molecule is CNC(=O)C(CS(=O)N1CCc2cc(-c3cnc(C4CC4)nc3)ccc2C1)(NC=O)C1CC1. The molecule has 33 heavy (non-hydrogen) atoms. The Kier molecular flexibility index (Phi) is 6.01. The van der Waals surface area contributed by atoms with Crippen molar-refractivity contribution in [2.45, 2.75) is 50.1 Å². The van der Waals surface area contributed by atoms with Crippen LogP contribution in [-0.2, 0) is 33.5 Å². The fourth-order valence-electron chi connectivity index (χ4n) is 4.70. The van der Waals surface area contributed by atoms with Gasteiger partial charge < -0.3 is 10.6 Å². The van der Waals surface area contributed by atoms with Gasteiger partial charge in [0.15, 0.2) is 0 Å². The van der Waals surface area contributed by atoms with Crippen LogP contribution in [-0.4, -0.2) is 55.7 Å². The summed E-state index contributed by atoms with van der Waals surface area (Å²) in [4.78, 5) is 33.0. The van der Waals surface area contributed by atoms with E-state index >= 15 is 0 Å². The third-order valence-electron chi connectivity index (χ3n) is 6.99. The van der Waals surface area contributed by atoms with E-state index in [2.05, 4.69) is 38.8 Å². The average molecular weight is 468 g/mol. The summed E-state index contributed by atoms with van der Waals surface area (Å²) in [7, 11) is 0.151. The fraction of sp³-hybridized carbons (Fsp3) is 0.500. The summed E-state index contributed by atoms with van der Waals surface area (Å²) in [6.07, 6.45) is 9.21. The van der Waals surface area contributed by atoms with Gasteiger partial charge in [-0.25, -0.2) is 18.5 Å². The number of rotatable bonds is 9. The third kappa shape index (κ3) is 4.44. The molecule has 2 heterocycles. The molecule has 0 spiro atoms. The lowest BCUT2D eigenvalue weighted by Crippen LogP contribution is -2.62. The molecule has 5 rings (SSSR count). The van der Waals surface area contributed by atoms with E-state index in [1.54, 1.807) is 7.05 Å². The van der Waals surface area contributed by atoms with Gasteiger partial charge in [-0.3, -0.25) is 9.59 Å². The van der Waals surface area contributed by atoms with Crippen molar-refractivity contribution in [3.63, 3.8) is 0 Å². The molecule has 174 valence electrons. The third-order valence-corrected chi connectivity index (χ3v) is 8.58. The number of carbonyl (C=O) groups is 2. The molecule has 0 saturated heterocycles. The molecule has 2 saturated carbocycles. The number of hydrogen-bond acceptors (Lipinski definition) is 5. The number of hydrogen-bond donors (Lipinski definition) is 2. The average Bonchev–Trinajstić information content (AvgIpc) is 3.75. The monoisotopic (exact) mass is 467 g/mol. The normalized spacial score (nSPS) is 20.9. The van der Waals surface area contributed by atoms with Crippen molar-refractivity contribution < 1.29 is 13.8 Å². The van der Waals surface area contributed by atoms with Gasteiger partial charge in [-0.1, -0.05) is 18.2 Å². The Labute approximate surface area is 196 Å². The fourth-order valence-corrected chi connectivity index (χ4v) is 6.30. The zero-order valence-corrected chi connectivity index (χ0v) is 19.6. The highest BCUT2D eigenvalue weighted by Gasteiger charge is 2.52. The minimum atomic E-state index is -1.40. The van der Waals surface area contributed by atoms with Gasteiger partial charge in [0.2, 0.25) is 12.3 Å². The number of amides is 2. The first-order valence-electron chi connectivity index (χ1n) is 11.5. The quantitative estimate of drug-likeness (QED) is 0.546.